The highest BCUT2D eigenvalue weighted by molar-refractivity contribution is 9.10. The zero-order chi connectivity index (χ0) is 18.8. The lowest BCUT2D eigenvalue weighted by atomic mass is 9.72. The Bertz CT molecular complexity index is 829. The molecule has 2 bridgehead atoms. The SMILES string of the molecule is O=C(CN1C(=O)C2C3C=CC(C3)C2C1=O)NC1(c2ccc(Br)cc2)CCC1. The molecule has 3 fully saturated rings. The first-order valence-electron chi connectivity index (χ1n) is 9.59. The van der Waals surface area contributed by atoms with E-state index in [0.717, 1.165) is 35.7 Å². The van der Waals surface area contributed by atoms with Crippen molar-refractivity contribution >= 4 is 33.7 Å². The maximum atomic E-state index is 12.8. The van der Waals surface area contributed by atoms with E-state index in [9.17, 15) is 14.4 Å². The van der Waals surface area contributed by atoms with Gasteiger partial charge in [0, 0.05) is 4.47 Å². The molecule has 1 aromatic rings. The molecule has 2 saturated carbocycles. The number of fused-ring (bicyclic) bond motifs is 5. The first-order valence-corrected chi connectivity index (χ1v) is 10.4. The Morgan fingerprint density at radius 1 is 1.07 bits per heavy atom. The smallest absolute Gasteiger partial charge is 0.240 e. The van der Waals surface area contributed by atoms with Gasteiger partial charge < -0.3 is 5.32 Å². The highest BCUT2D eigenvalue weighted by Crippen LogP contribution is 2.52. The molecule has 1 heterocycles. The minimum absolute atomic E-state index is 0.164. The Labute approximate surface area is 166 Å². The van der Waals surface area contributed by atoms with Crippen LogP contribution in [0, 0.1) is 23.7 Å². The van der Waals surface area contributed by atoms with Gasteiger partial charge in [0.2, 0.25) is 17.7 Å². The molecule has 1 aliphatic heterocycles. The van der Waals surface area contributed by atoms with Crippen LogP contribution in [-0.2, 0) is 19.9 Å². The third kappa shape index (κ3) is 2.53. The van der Waals surface area contributed by atoms with Crippen molar-refractivity contribution < 1.29 is 14.4 Å². The van der Waals surface area contributed by atoms with Crippen molar-refractivity contribution in [2.24, 2.45) is 23.7 Å². The minimum Gasteiger partial charge on any atom is -0.345 e. The molecule has 1 aromatic carbocycles. The molecular formula is C21H21BrN2O3. The number of rotatable bonds is 4. The van der Waals surface area contributed by atoms with Crippen LogP contribution in [0.15, 0.2) is 40.9 Å². The molecule has 3 amide bonds. The summed E-state index contributed by atoms with van der Waals surface area (Å²) in [7, 11) is 0. The van der Waals surface area contributed by atoms with Gasteiger partial charge >= 0.3 is 0 Å². The van der Waals surface area contributed by atoms with Crippen LogP contribution >= 0.6 is 15.9 Å². The van der Waals surface area contributed by atoms with Crippen molar-refractivity contribution in [1.29, 1.82) is 0 Å². The third-order valence-corrected chi connectivity index (χ3v) is 7.37. The second-order valence-corrected chi connectivity index (χ2v) is 9.17. The van der Waals surface area contributed by atoms with E-state index in [2.05, 4.69) is 33.4 Å². The predicted molar refractivity (Wildman–Crippen MR) is 102 cm³/mol. The highest BCUT2D eigenvalue weighted by Gasteiger charge is 2.59. The summed E-state index contributed by atoms with van der Waals surface area (Å²) in [6, 6.07) is 7.98. The van der Waals surface area contributed by atoms with Crippen LogP contribution in [0.5, 0.6) is 0 Å². The van der Waals surface area contributed by atoms with Gasteiger partial charge in [0.05, 0.1) is 17.4 Å². The molecule has 4 atom stereocenters. The lowest BCUT2D eigenvalue weighted by molar-refractivity contribution is -0.145. The Morgan fingerprint density at radius 2 is 1.67 bits per heavy atom. The lowest BCUT2D eigenvalue weighted by Crippen LogP contribution is -2.54. The van der Waals surface area contributed by atoms with Crippen molar-refractivity contribution in [3.63, 3.8) is 0 Å². The lowest BCUT2D eigenvalue weighted by Gasteiger charge is -2.43. The molecular weight excluding hydrogens is 408 g/mol. The topological polar surface area (TPSA) is 66.5 Å². The fourth-order valence-electron chi connectivity index (χ4n) is 5.36. The molecule has 6 heteroatoms. The Kier molecular flexibility index (Phi) is 3.83. The summed E-state index contributed by atoms with van der Waals surface area (Å²) in [5.41, 5.74) is 0.698. The van der Waals surface area contributed by atoms with Crippen molar-refractivity contribution in [2.45, 2.75) is 31.2 Å². The summed E-state index contributed by atoms with van der Waals surface area (Å²) < 4.78 is 0.995. The molecule has 27 heavy (non-hydrogen) atoms. The standard InChI is InChI=1S/C21H21BrN2O3/c22-15-6-4-14(5-7-15)21(8-1-9-21)23-16(25)11-24-19(26)17-12-2-3-13(10-12)18(17)20(24)27/h2-7,12-13,17-18H,1,8-11H2,(H,23,25). The van der Waals surface area contributed by atoms with E-state index in [1.54, 1.807) is 0 Å². The third-order valence-electron chi connectivity index (χ3n) is 6.85. The molecule has 1 saturated heterocycles. The quantitative estimate of drug-likeness (QED) is 0.592. The van der Waals surface area contributed by atoms with Crippen LogP contribution in [0.4, 0.5) is 0 Å². The number of nitrogens with one attached hydrogen (secondary N) is 1. The first kappa shape index (κ1) is 17.2. The molecule has 140 valence electrons. The summed E-state index contributed by atoms with van der Waals surface area (Å²) in [4.78, 5) is 39.5. The van der Waals surface area contributed by atoms with Crippen molar-refractivity contribution in [1.82, 2.24) is 10.2 Å². The largest absolute Gasteiger partial charge is 0.345 e. The second kappa shape index (κ2) is 6.03. The number of likely N-dealkylation sites (tertiary alicyclic amines) is 1. The molecule has 4 unspecified atom stereocenters. The van der Waals surface area contributed by atoms with Crippen molar-refractivity contribution in [2.75, 3.05) is 6.54 Å². The monoisotopic (exact) mass is 428 g/mol. The number of benzene rings is 1. The number of hydrogen-bond donors (Lipinski definition) is 1. The summed E-state index contributed by atoms with van der Waals surface area (Å²) in [5, 5.41) is 3.12. The Hall–Kier alpha value is -1.95. The zero-order valence-electron chi connectivity index (χ0n) is 14.9. The van der Waals surface area contributed by atoms with Crippen LogP contribution in [0.1, 0.15) is 31.2 Å². The molecule has 0 radical (unpaired) electrons. The molecule has 0 spiro atoms. The van der Waals surface area contributed by atoms with Crippen LogP contribution in [0.25, 0.3) is 0 Å². The number of imide groups is 1. The van der Waals surface area contributed by atoms with Crippen LogP contribution in [0.3, 0.4) is 0 Å². The Morgan fingerprint density at radius 3 is 2.19 bits per heavy atom. The van der Waals surface area contributed by atoms with E-state index < -0.39 is 0 Å². The number of carbonyl (C=O) groups is 3. The van der Waals surface area contributed by atoms with Crippen molar-refractivity contribution in [3.05, 3.63) is 46.5 Å². The van der Waals surface area contributed by atoms with Crippen LogP contribution < -0.4 is 5.32 Å². The molecule has 3 aliphatic carbocycles. The normalized spacial score (nSPS) is 32.6. The summed E-state index contributed by atoms with van der Waals surface area (Å²) in [5.74, 6) is -0.726. The van der Waals surface area contributed by atoms with Gasteiger partial charge in [0.25, 0.3) is 0 Å². The fourth-order valence-corrected chi connectivity index (χ4v) is 5.62. The van der Waals surface area contributed by atoms with E-state index in [1.165, 1.54) is 4.90 Å². The number of nitrogens with zero attached hydrogens (tertiary/aromatic N) is 1. The average molecular weight is 429 g/mol. The van der Waals surface area contributed by atoms with Gasteiger partial charge in [-0.3, -0.25) is 19.3 Å². The molecule has 1 N–H and O–H groups in total. The van der Waals surface area contributed by atoms with Gasteiger partial charge in [-0.25, -0.2) is 0 Å². The minimum atomic E-state index is -0.375. The summed E-state index contributed by atoms with van der Waals surface area (Å²) >= 11 is 3.44. The van der Waals surface area contributed by atoms with Crippen LogP contribution in [-0.4, -0.2) is 29.2 Å². The maximum Gasteiger partial charge on any atom is 0.240 e. The zero-order valence-corrected chi connectivity index (χ0v) is 16.4. The number of amides is 3. The van der Waals surface area contributed by atoms with Gasteiger partial charge in [-0.05, 0) is 55.2 Å². The first-order chi connectivity index (χ1) is 13.0. The van der Waals surface area contributed by atoms with Gasteiger partial charge in [0.1, 0.15) is 6.54 Å². The van der Waals surface area contributed by atoms with Gasteiger partial charge in [-0.15, -0.1) is 0 Å². The second-order valence-electron chi connectivity index (χ2n) is 8.25. The predicted octanol–water partition coefficient (Wildman–Crippen LogP) is 2.75. The molecule has 5 rings (SSSR count). The van der Waals surface area contributed by atoms with Crippen molar-refractivity contribution in [3.8, 4) is 0 Å². The van der Waals surface area contributed by atoms with E-state index in [1.807, 2.05) is 24.3 Å². The van der Waals surface area contributed by atoms with Crippen LogP contribution in [0.2, 0.25) is 0 Å². The summed E-state index contributed by atoms with van der Waals surface area (Å²) in [6.45, 7) is -0.164. The van der Waals surface area contributed by atoms with Gasteiger partial charge in [0.15, 0.2) is 0 Å². The van der Waals surface area contributed by atoms with E-state index in [-0.39, 0.29) is 53.5 Å². The molecule has 5 nitrogen and oxygen atoms in total. The molecule has 0 aromatic heterocycles. The Balaban J connectivity index is 1.30. The number of hydrogen-bond acceptors (Lipinski definition) is 3. The average Bonchev–Trinajstić information content (AvgIpc) is 3.29. The van der Waals surface area contributed by atoms with E-state index in [0.29, 0.717) is 0 Å². The highest BCUT2D eigenvalue weighted by atomic mass is 79.9. The van der Waals surface area contributed by atoms with Gasteiger partial charge in [-0.2, -0.15) is 0 Å². The number of allylic oxidation sites excluding steroid dienone is 2. The summed E-state index contributed by atoms with van der Waals surface area (Å²) in [6.07, 6.45) is 7.84. The van der Waals surface area contributed by atoms with Gasteiger partial charge in [-0.1, -0.05) is 40.2 Å². The maximum absolute atomic E-state index is 12.8. The van der Waals surface area contributed by atoms with E-state index in [4.69, 9.17) is 0 Å². The molecule has 4 aliphatic rings. The number of halogens is 1. The fraction of sp³-hybridized carbons (Fsp3) is 0.476. The number of carbonyl (C=O) groups excluding carboxylic acids is 3. The van der Waals surface area contributed by atoms with E-state index >= 15 is 0 Å².